The van der Waals surface area contributed by atoms with Crippen molar-refractivity contribution >= 4 is 23.4 Å². The molecule has 0 saturated heterocycles. The van der Waals surface area contributed by atoms with Crippen molar-refractivity contribution in [1.82, 2.24) is 19.1 Å². The highest BCUT2D eigenvalue weighted by Crippen LogP contribution is 2.28. The maximum Gasteiger partial charge on any atom is 0.319 e. The van der Waals surface area contributed by atoms with Crippen LogP contribution in [0.4, 0.5) is 8.78 Å². The zero-order valence-electron chi connectivity index (χ0n) is 12.2. The van der Waals surface area contributed by atoms with Gasteiger partial charge in [0.2, 0.25) is 0 Å². The Bertz CT molecular complexity index is 815. The first kappa shape index (κ1) is 16.0. The molecule has 0 spiro atoms. The van der Waals surface area contributed by atoms with Gasteiger partial charge >= 0.3 is 6.55 Å². The van der Waals surface area contributed by atoms with Crippen LogP contribution in [0.25, 0.3) is 5.69 Å². The number of hydrogen-bond acceptors (Lipinski definition) is 3. The summed E-state index contributed by atoms with van der Waals surface area (Å²) in [6.45, 7) is -0.668. The normalized spacial score (nSPS) is 11.3. The Hall–Kier alpha value is -1.86. The van der Waals surface area contributed by atoms with Crippen LogP contribution in [-0.2, 0) is 5.75 Å². The van der Waals surface area contributed by atoms with E-state index in [1.807, 2.05) is 35.9 Å². The number of alkyl halides is 2. The fraction of sp³-hybridized carbons (Fsp3) is 0.200. The van der Waals surface area contributed by atoms with Crippen molar-refractivity contribution in [3.05, 3.63) is 59.4 Å². The highest BCUT2D eigenvalue weighted by atomic mass is 35.5. The Labute approximate surface area is 141 Å². The van der Waals surface area contributed by atoms with E-state index in [2.05, 4.69) is 9.97 Å². The Morgan fingerprint density at radius 1 is 1.22 bits per heavy atom. The van der Waals surface area contributed by atoms with Gasteiger partial charge in [0, 0.05) is 29.8 Å². The average molecular weight is 355 g/mol. The number of benzene rings is 1. The molecule has 0 saturated carbocycles. The monoisotopic (exact) mass is 354 g/mol. The lowest BCUT2D eigenvalue weighted by atomic mass is 10.2. The first-order valence-electron chi connectivity index (χ1n) is 6.79. The zero-order chi connectivity index (χ0) is 16.4. The maximum atomic E-state index is 12.8. The zero-order valence-corrected chi connectivity index (χ0v) is 13.7. The first-order chi connectivity index (χ1) is 11.1. The quantitative estimate of drug-likeness (QED) is 0.622. The minimum absolute atomic E-state index is 0.300. The lowest BCUT2D eigenvalue weighted by Crippen LogP contribution is -2.03. The van der Waals surface area contributed by atoms with E-state index in [1.54, 1.807) is 6.20 Å². The van der Waals surface area contributed by atoms with Gasteiger partial charge in [-0.1, -0.05) is 29.4 Å². The molecule has 0 aliphatic heterocycles. The van der Waals surface area contributed by atoms with Crippen LogP contribution in [0, 0.1) is 6.92 Å². The highest BCUT2D eigenvalue weighted by Gasteiger charge is 2.14. The van der Waals surface area contributed by atoms with Crippen molar-refractivity contribution in [3.8, 4) is 5.69 Å². The third-order valence-electron chi connectivity index (χ3n) is 3.39. The smallest absolute Gasteiger partial charge is 0.295 e. The molecule has 0 aliphatic carbocycles. The van der Waals surface area contributed by atoms with Crippen molar-refractivity contribution in [3.63, 3.8) is 0 Å². The number of nitrogens with zero attached hydrogens (tertiary/aromatic N) is 4. The number of aromatic nitrogens is 4. The average Bonchev–Trinajstić information content (AvgIpc) is 3.16. The Morgan fingerprint density at radius 2 is 2.00 bits per heavy atom. The van der Waals surface area contributed by atoms with E-state index in [-0.39, 0.29) is 0 Å². The minimum atomic E-state index is -2.59. The molecule has 4 nitrogen and oxygen atoms in total. The summed E-state index contributed by atoms with van der Waals surface area (Å²) in [7, 11) is 0. The molecule has 3 aromatic rings. The molecule has 8 heteroatoms. The molecule has 0 unspecified atom stereocenters. The van der Waals surface area contributed by atoms with Gasteiger partial charge in [-0.15, -0.1) is 0 Å². The number of imidazole rings is 2. The van der Waals surface area contributed by atoms with Gasteiger partial charge in [0.15, 0.2) is 5.16 Å². The van der Waals surface area contributed by atoms with Gasteiger partial charge in [-0.05, 0) is 24.6 Å². The van der Waals surface area contributed by atoms with Crippen LogP contribution in [0.2, 0.25) is 5.02 Å². The second kappa shape index (κ2) is 6.72. The molecule has 2 aromatic heterocycles. The molecule has 0 bridgehead atoms. The van der Waals surface area contributed by atoms with E-state index in [0.717, 1.165) is 15.8 Å². The van der Waals surface area contributed by atoms with Gasteiger partial charge in [-0.2, -0.15) is 8.78 Å². The van der Waals surface area contributed by atoms with E-state index in [0.29, 0.717) is 21.8 Å². The van der Waals surface area contributed by atoms with Crippen molar-refractivity contribution < 1.29 is 8.78 Å². The summed E-state index contributed by atoms with van der Waals surface area (Å²) in [5, 5.41) is 1.36. The van der Waals surface area contributed by atoms with Gasteiger partial charge in [-0.25, -0.2) is 9.97 Å². The molecule has 120 valence electrons. The fourth-order valence-corrected chi connectivity index (χ4v) is 3.28. The lowest BCUT2D eigenvalue weighted by molar-refractivity contribution is 0.0678. The van der Waals surface area contributed by atoms with Crippen molar-refractivity contribution in [2.24, 2.45) is 0 Å². The second-order valence-electron chi connectivity index (χ2n) is 4.78. The standard InChI is InChI=1S/C15H13ClF2N4S/c1-10-11(16)3-2-4-12(10)21-7-6-20-15(21)23-9-13-19-5-8-22(13)14(17)18/h2-8,14H,9H2,1H3. The maximum absolute atomic E-state index is 12.8. The summed E-state index contributed by atoms with van der Waals surface area (Å²) >= 11 is 7.50. The number of halogens is 3. The summed E-state index contributed by atoms with van der Waals surface area (Å²) in [4.78, 5) is 8.27. The molecule has 23 heavy (non-hydrogen) atoms. The second-order valence-corrected chi connectivity index (χ2v) is 6.13. The highest BCUT2D eigenvalue weighted by molar-refractivity contribution is 7.98. The fourth-order valence-electron chi connectivity index (χ4n) is 2.20. The molecule has 0 N–H and O–H groups in total. The molecule has 2 heterocycles. The van der Waals surface area contributed by atoms with Crippen LogP contribution in [0.15, 0.2) is 48.1 Å². The number of hydrogen-bond donors (Lipinski definition) is 0. The van der Waals surface area contributed by atoms with E-state index in [1.165, 1.54) is 24.2 Å². The third kappa shape index (κ3) is 3.25. The Morgan fingerprint density at radius 3 is 2.78 bits per heavy atom. The summed E-state index contributed by atoms with van der Waals surface area (Å²) in [6.07, 6.45) is 6.13. The van der Waals surface area contributed by atoms with E-state index >= 15 is 0 Å². The first-order valence-corrected chi connectivity index (χ1v) is 8.16. The van der Waals surface area contributed by atoms with Crippen LogP contribution in [0.5, 0.6) is 0 Å². The summed E-state index contributed by atoms with van der Waals surface area (Å²) in [5.41, 5.74) is 1.85. The van der Waals surface area contributed by atoms with E-state index in [9.17, 15) is 8.78 Å². The van der Waals surface area contributed by atoms with Crippen LogP contribution in [-0.4, -0.2) is 19.1 Å². The molecule has 0 aliphatic rings. The number of thioether (sulfide) groups is 1. The van der Waals surface area contributed by atoms with Crippen molar-refractivity contribution in [2.45, 2.75) is 24.4 Å². The van der Waals surface area contributed by atoms with Crippen LogP contribution in [0.1, 0.15) is 17.9 Å². The molecule has 3 rings (SSSR count). The van der Waals surface area contributed by atoms with Gasteiger partial charge in [0.1, 0.15) is 5.82 Å². The van der Waals surface area contributed by atoms with Crippen molar-refractivity contribution in [1.29, 1.82) is 0 Å². The van der Waals surface area contributed by atoms with E-state index in [4.69, 9.17) is 11.6 Å². The topological polar surface area (TPSA) is 35.6 Å². The third-order valence-corrected chi connectivity index (χ3v) is 4.77. The molecular weight excluding hydrogens is 342 g/mol. The molecule has 0 amide bonds. The van der Waals surface area contributed by atoms with Crippen molar-refractivity contribution in [2.75, 3.05) is 0 Å². The SMILES string of the molecule is Cc1c(Cl)cccc1-n1ccnc1SCc1nccn1C(F)F. The molecule has 1 aromatic carbocycles. The molecule has 0 radical (unpaired) electrons. The molecular formula is C15H13ClF2N4S. The van der Waals surface area contributed by atoms with Gasteiger partial charge in [0.05, 0.1) is 11.4 Å². The largest absolute Gasteiger partial charge is 0.319 e. The Balaban J connectivity index is 1.84. The predicted octanol–water partition coefficient (Wildman–Crippen LogP) is 4.72. The van der Waals surface area contributed by atoms with Gasteiger partial charge in [0.25, 0.3) is 0 Å². The van der Waals surface area contributed by atoms with Crippen LogP contribution in [0.3, 0.4) is 0 Å². The Kier molecular flexibility index (Phi) is 4.68. The molecule has 0 atom stereocenters. The van der Waals surface area contributed by atoms with E-state index < -0.39 is 6.55 Å². The van der Waals surface area contributed by atoms with Gasteiger partial charge < -0.3 is 0 Å². The summed E-state index contributed by atoms with van der Waals surface area (Å²) in [5.74, 6) is 0.607. The summed E-state index contributed by atoms with van der Waals surface area (Å²) in [6, 6.07) is 5.62. The van der Waals surface area contributed by atoms with Crippen LogP contribution >= 0.6 is 23.4 Å². The predicted molar refractivity (Wildman–Crippen MR) is 86.4 cm³/mol. The molecule has 0 fully saturated rings. The van der Waals surface area contributed by atoms with Gasteiger partial charge in [-0.3, -0.25) is 9.13 Å². The van der Waals surface area contributed by atoms with Crippen LogP contribution < -0.4 is 0 Å². The lowest BCUT2D eigenvalue weighted by Gasteiger charge is -2.11. The number of rotatable bonds is 5. The summed E-state index contributed by atoms with van der Waals surface area (Å²) < 4.78 is 28.4. The minimum Gasteiger partial charge on any atom is -0.295 e.